The molecule has 3 heterocycles. The molecule has 0 amide bonds. The van der Waals surface area contributed by atoms with Crippen LogP contribution < -0.4 is 0 Å². The lowest BCUT2D eigenvalue weighted by Crippen LogP contribution is -2.06. The van der Waals surface area contributed by atoms with E-state index in [4.69, 9.17) is 23.7 Å². The van der Waals surface area contributed by atoms with Crippen molar-refractivity contribution in [2.45, 2.75) is 0 Å². The maximum atomic E-state index is 9.36. The zero-order chi connectivity index (χ0) is 49.2. The highest BCUT2D eigenvalue weighted by atomic mass is 15.2. The highest BCUT2D eigenvalue weighted by Gasteiger charge is 2.24. The minimum absolute atomic E-state index is 0.154. The van der Waals surface area contributed by atoms with Crippen LogP contribution in [0.2, 0.25) is 0 Å². The van der Waals surface area contributed by atoms with Crippen LogP contribution in [-0.4, -0.2) is 24.1 Å². The van der Waals surface area contributed by atoms with Gasteiger partial charge in [0.05, 0.1) is 46.9 Å². The van der Waals surface area contributed by atoms with E-state index in [9.17, 15) is 5.48 Å². The third-order valence-electron chi connectivity index (χ3n) is 9.85. The Morgan fingerprint density at radius 2 is 0.929 bits per heavy atom. The first kappa shape index (κ1) is 20.7. The molecular weight excluding hydrogens is 683 g/mol. The molecule has 0 aliphatic rings. The summed E-state index contributed by atoms with van der Waals surface area (Å²) in [5.41, 5.74) is 3.80. The van der Waals surface area contributed by atoms with Crippen LogP contribution in [0.3, 0.4) is 0 Å². The van der Waals surface area contributed by atoms with E-state index in [1.54, 1.807) is 4.57 Å². The highest BCUT2D eigenvalue weighted by molar-refractivity contribution is 6.26. The van der Waals surface area contributed by atoms with Crippen LogP contribution in [0.4, 0.5) is 0 Å². The number of aromatic nitrogens is 5. The van der Waals surface area contributed by atoms with Crippen molar-refractivity contribution in [3.8, 4) is 56.7 Å². The molecule has 0 spiro atoms. The highest BCUT2D eigenvalue weighted by Crippen LogP contribution is 2.43. The molecule has 0 fully saturated rings. The standard InChI is InChI=1S/C51H33N5/c1-4-16-34(17-5-1)35-28-30-38(31-29-35)50-52-49(37-20-8-3-9-21-37)53-51(54-50)56-44-26-14-11-23-40(44)41-32-33-46-47(48(41)56)42-24-12-15-27-45(42)55(46)43-25-13-10-22-39(43)36-18-6-2-7-19-36/h1-33H/i1D,3D,4D,5D,8D,9D,16D,17D,20D,21D,28D,29D,30D,31D. The van der Waals surface area contributed by atoms with Gasteiger partial charge in [0.15, 0.2) is 11.6 Å². The number of benzene rings is 8. The minimum Gasteiger partial charge on any atom is -0.309 e. The summed E-state index contributed by atoms with van der Waals surface area (Å²) in [5, 5.41) is 3.20. The Bertz CT molecular complexity index is 3990. The first-order valence-electron chi connectivity index (χ1n) is 24.7. The molecular formula is C51H33N5. The fourth-order valence-corrected chi connectivity index (χ4v) is 7.48. The lowest BCUT2D eigenvalue weighted by molar-refractivity contribution is 0.955. The first-order valence-corrected chi connectivity index (χ1v) is 17.7. The maximum absolute atomic E-state index is 9.36. The number of hydrogen-bond acceptors (Lipinski definition) is 3. The van der Waals surface area contributed by atoms with Gasteiger partial charge in [-0.25, -0.2) is 4.98 Å². The lowest BCUT2D eigenvalue weighted by Gasteiger charge is -2.14. The summed E-state index contributed by atoms with van der Waals surface area (Å²) in [7, 11) is 0. The lowest BCUT2D eigenvalue weighted by atomic mass is 10.0. The fraction of sp³-hybridized carbons (Fsp3) is 0. The van der Waals surface area contributed by atoms with Crippen LogP contribution in [0.1, 0.15) is 19.2 Å². The second-order valence-electron chi connectivity index (χ2n) is 13.0. The SMILES string of the molecule is [2H]c1c([2H])c([2H])c(-c2nc(-c3c([2H])c([2H])c(-c4c([2H])c([2H])c([2H])c([2H])c4[2H])c([2H])c3[2H])nc(-n3c4ccccc4c4ccc5c(c6ccccc6n5-c5ccccc5-c5ccccc5)c43)n2)c([2H])c1[2H]. The Kier molecular flexibility index (Phi) is 4.83. The zero-order valence-electron chi connectivity index (χ0n) is 43.2. The molecule has 0 atom stereocenters. The van der Waals surface area contributed by atoms with Gasteiger partial charge in [-0.15, -0.1) is 0 Å². The smallest absolute Gasteiger partial charge is 0.238 e. The fourth-order valence-electron chi connectivity index (χ4n) is 7.48. The topological polar surface area (TPSA) is 48.5 Å². The molecule has 0 saturated carbocycles. The molecule has 11 rings (SSSR count). The number of nitrogens with zero attached hydrogens (tertiary/aromatic N) is 5. The van der Waals surface area contributed by atoms with Crippen LogP contribution in [-0.2, 0) is 0 Å². The van der Waals surface area contributed by atoms with Gasteiger partial charge in [-0.2, -0.15) is 9.97 Å². The first-order chi connectivity index (χ1) is 33.6. The van der Waals surface area contributed by atoms with Crippen molar-refractivity contribution in [1.29, 1.82) is 0 Å². The molecule has 5 nitrogen and oxygen atoms in total. The molecule has 3 aromatic heterocycles. The number of fused-ring (bicyclic) bond motifs is 7. The van der Waals surface area contributed by atoms with Gasteiger partial charge in [0.2, 0.25) is 5.95 Å². The molecule has 0 aliphatic carbocycles. The van der Waals surface area contributed by atoms with Gasteiger partial charge in [0.1, 0.15) is 0 Å². The van der Waals surface area contributed by atoms with E-state index >= 15 is 0 Å². The predicted molar refractivity (Wildman–Crippen MR) is 230 cm³/mol. The van der Waals surface area contributed by atoms with E-state index in [1.165, 1.54) is 0 Å². The van der Waals surface area contributed by atoms with Crippen LogP contribution in [0.5, 0.6) is 0 Å². The maximum Gasteiger partial charge on any atom is 0.238 e. The van der Waals surface area contributed by atoms with Crippen molar-refractivity contribution in [3.63, 3.8) is 0 Å². The molecule has 0 unspecified atom stereocenters. The average molecular weight is 730 g/mol. The monoisotopic (exact) mass is 729 g/mol. The Labute approximate surface area is 343 Å². The molecule has 11 aromatic rings. The summed E-state index contributed by atoms with van der Waals surface area (Å²) < 4.78 is 126. The van der Waals surface area contributed by atoms with Crippen LogP contribution in [0, 0.1) is 0 Å². The largest absolute Gasteiger partial charge is 0.309 e. The van der Waals surface area contributed by atoms with E-state index in [0.29, 0.717) is 11.0 Å². The van der Waals surface area contributed by atoms with Crippen molar-refractivity contribution in [2.75, 3.05) is 0 Å². The van der Waals surface area contributed by atoms with E-state index in [1.807, 2.05) is 84.9 Å². The average Bonchev–Trinajstić information content (AvgIpc) is 3.90. The van der Waals surface area contributed by atoms with Gasteiger partial charge >= 0.3 is 0 Å². The molecule has 0 radical (unpaired) electrons. The Hall–Kier alpha value is -7.63. The molecule has 0 bridgehead atoms. The summed E-state index contributed by atoms with van der Waals surface area (Å²) in [6.45, 7) is 0. The molecule has 0 N–H and O–H groups in total. The summed E-state index contributed by atoms with van der Waals surface area (Å²) in [6, 6.07) is 27.7. The summed E-state index contributed by atoms with van der Waals surface area (Å²) in [6.07, 6.45) is 0. The van der Waals surface area contributed by atoms with Gasteiger partial charge in [-0.3, -0.25) is 4.57 Å². The summed E-state index contributed by atoms with van der Waals surface area (Å²) >= 11 is 0. The van der Waals surface area contributed by atoms with Crippen LogP contribution in [0.25, 0.3) is 100 Å². The number of rotatable bonds is 6. The van der Waals surface area contributed by atoms with Gasteiger partial charge < -0.3 is 4.57 Å². The number of hydrogen-bond donors (Lipinski definition) is 0. The Morgan fingerprint density at radius 1 is 0.375 bits per heavy atom. The van der Waals surface area contributed by atoms with Gasteiger partial charge in [0.25, 0.3) is 0 Å². The molecule has 5 heteroatoms. The minimum atomic E-state index is -0.761. The van der Waals surface area contributed by atoms with Crippen LogP contribution >= 0.6 is 0 Å². The zero-order valence-corrected chi connectivity index (χ0v) is 29.2. The molecule has 56 heavy (non-hydrogen) atoms. The van der Waals surface area contributed by atoms with E-state index < -0.39 is 118 Å². The van der Waals surface area contributed by atoms with Gasteiger partial charge in [-0.1, -0.05) is 176 Å². The normalized spacial score (nSPS) is 15.1. The van der Waals surface area contributed by atoms with Crippen molar-refractivity contribution in [2.24, 2.45) is 0 Å². The van der Waals surface area contributed by atoms with Crippen molar-refractivity contribution in [3.05, 3.63) is 200 Å². The molecule has 262 valence electrons. The second-order valence-corrected chi connectivity index (χ2v) is 13.0. The third-order valence-corrected chi connectivity index (χ3v) is 9.85. The third kappa shape index (κ3) is 5.13. The Morgan fingerprint density at radius 3 is 1.66 bits per heavy atom. The second kappa shape index (κ2) is 13.0. The Balaban J connectivity index is 1.27. The van der Waals surface area contributed by atoms with Crippen molar-refractivity contribution >= 4 is 43.6 Å². The van der Waals surface area contributed by atoms with Crippen molar-refractivity contribution < 1.29 is 19.2 Å². The van der Waals surface area contributed by atoms with Crippen molar-refractivity contribution in [1.82, 2.24) is 24.1 Å². The van der Waals surface area contributed by atoms with Gasteiger partial charge in [-0.05, 0) is 41.0 Å². The van der Waals surface area contributed by atoms with E-state index in [-0.39, 0.29) is 5.95 Å². The van der Waals surface area contributed by atoms with E-state index in [0.717, 1.165) is 49.4 Å². The van der Waals surface area contributed by atoms with Crippen LogP contribution in [0.15, 0.2) is 200 Å². The predicted octanol–water partition coefficient (Wildman–Crippen LogP) is 12.7. The quantitative estimate of drug-likeness (QED) is 0.171. The van der Waals surface area contributed by atoms with Gasteiger partial charge in [0, 0.05) is 38.2 Å². The van der Waals surface area contributed by atoms with E-state index in [2.05, 4.69) is 39.9 Å². The number of para-hydroxylation sites is 3. The molecule has 8 aromatic carbocycles. The molecule has 0 aliphatic heterocycles. The summed E-state index contributed by atoms with van der Waals surface area (Å²) in [4.78, 5) is 14.3. The molecule has 0 saturated heterocycles. The summed E-state index contributed by atoms with van der Waals surface area (Å²) in [5.74, 6) is -1.05.